The molecule has 0 aromatic heterocycles. The molecule has 1 N–H and O–H groups in total. The van der Waals surface area contributed by atoms with Gasteiger partial charge in [0.25, 0.3) is 0 Å². The molecule has 0 aliphatic carbocycles. The second-order valence-electron chi connectivity index (χ2n) is 6.80. The Morgan fingerprint density at radius 3 is 2.71 bits per heavy atom. The van der Waals surface area contributed by atoms with Gasteiger partial charge in [0.05, 0.1) is 11.1 Å². The van der Waals surface area contributed by atoms with Crippen LogP contribution in [0.3, 0.4) is 0 Å². The third-order valence-corrected chi connectivity index (χ3v) is 5.10. The van der Waals surface area contributed by atoms with Crippen LogP contribution in [0.4, 0.5) is 13.6 Å². The zero-order valence-electron chi connectivity index (χ0n) is 15.7. The highest BCUT2D eigenvalue weighted by molar-refractivity contribution is 6.30. The number of carbonyl (C=O) groups excluding carboxylic acids is 1. The maximum Gasteiger partial charge on any atom is 0.320 e. The van der Waals surface area contributed by atoms with E-state index in [-0.39, 0.29) is 35.3 Å². The van der Waals surface area contributed by atoms with Gasteiger partial charge in [0.15, 0.2) is 0 Å². The summed E-state index contributed by atoms with van der Waals surface area (Å²) < 4.78 is 26.8. The molecule has 4 nitrogen and oxygen atoms in total. The molecule has 3 rings (SSSR count). The Hall–Kier alpha value is -1.89. The van der Waals surface area contributed by atoms with E-state index in [1.54, 1.807) is 29.0 Å². The summed E-state index contributed by atoms with van der Waals surface area (Å²) in [5.74, 6) is -0.772. The largest absolute Gasteiger partial charge is 0.323 e. The van der Waals surface area contributed by atoms with Gasteiger partial charge >= 0.3 is 6.03 Å². The second kappa shape index (κ2) is 9.54. The molecule has 0 saturated carbocycles. The first-order valence-corrected chi connectivity index (χ1v) is 9.17. The minimum absolute atomic E-state index is 0. The predicted octanol–water partition coefficient (Wildman–Crippen LogP) is 4.55. The van der Waals surface area contributed by atoms with Gasteiger partial charge in [-0.25, -0.2) is 13.6 Å². The smallest absolute Gasteiger partial charge is 0.320 e. The van der Waals surface area contributed by atoms with E-state index in [2.05, 4.69) is 5.32 Å². The van der Waals surface area contributed by atoms with E-state index in [0.29, 0.717) is 26.2 Å². The SMILES string of the molecule is Cc1cc(F)ccc1[C@H]1CNCCN1C(=O)N(C)Cc1ccc(F)c(Cl)c1.Cl. The molecule has 152 valence electrons. The number of amides is 2. The zero-order chi connectivity index (χ0) is 19.6. The van der Waals surface area contributed by atoms with Crippen LogP contribution in [0.1, 0.15) is 22.7 Å². The lowest BCUT2D eigenvalue weighted by atomic mass is 9.98. The molecule has 28 heavy (non-hydrogen) atoms. The molecule has 0 radical (unpaired) electrons. The van der Waals surface area contributed by atoms with Crippen molar-refractivity contribution in [1.29, 1.82) is 0 Å². The van der Waals surface area contributed by atoms with Gasteiger partial charge in [-0.15, -0.1) is 12.4 Å². The van der Waals surface area contributed by atoms with Crippen LogP contribution in [-0.2, 0) is 6.54 Å². The van der Waals surface area contributed by atoms with Gasteiger partial charge in [-0.05, 0) is 47.9 Å². The molecular weight excluding hydrogens is 407 g/mol. The molecule has 2 amide bonds. The summed E-state index contributed by atoms with van der Waals surface area (Å²) in [6.07, 6.45) is 0. The fourth-order valence-corrected chi connectivity index (χ4v) is 3.63. The van der Waals surface area contributed by atoms with Crippen LogP contribution in [0, 0.1) is 18.6 Å². The number of urea groups is 1. The highest BCUT2D eigenvalue weighted by Crippen LogP contribution is 2.27. The van der Waals surface area contributed by atoms with Gasteiger partial charge in [0.2, 0.25) is 0 Å². The molecule has 1 aliphatic heterocycles. The lowest BCUT2D eigenvalue weighted by molar-refractivity contribution is 0.126. The molecule has 0 bridgehead atoms. The van der Waals surface area contributed by atoms with Gasteiger partial charge < -0.3 is 15.1 Å². The monoisotopic (exact) mass is 429 g/mol. The minimum Gasteiger partial charge on any atom is -0.323 e. The highest BCUT2D eigenvalue weighted by atomic mass is 35.5. The minimum atomic E-state index is -0.483. The molecule has 2 aromatic rings. The maximum absolute atomic E-state index is 13.5. The molecule has 0 unspecified atom stereocenters. The van der Waals surface area contributed by atoms with Gasteiger partial charge in [-0.3, -0.25) is 0 Å². The van der Waals surface area contributed by atoms with Crippen molar-refractivity contribution in [2.45, 2.75) is 19.5 Å². The van der Waals surface area contributed by atoms with E-state index < -0.39 is 5.82 Å². The number of hydrogen-bond donors (Lipinski definition) is 1. The number of nitrogens with one attached hydrogen (secondary N) is 1. The second-order valence-corrected chi connectivity index (χ2v) is 7.21. The van der Waals surface area contributed by atoms with E-state index in [1.807, 2.05) is 6.92 Å². The molecule has 1 saturated heterocycles. The Morgan fingerprint density at radius 1 is 1.29 bits per heavy atom. The zero-order valence-corrected chi connectivity index (χ0v) is 17.3. The fourth-order valence-electron chi connectivity index (χ4n) is 3.42. The topological polar surface area (TPSA) is 35.6 Å². The van der Waals surface area contributed by atoms with Crippen LogP contribution >= 0.6 is 24.0 Å². The van der Waals surface area contributed by atoms with Crippen LogP contribution in [0.2, 0.25) is 5.02 Å². The Morgan fingerprint density at radius 2 is 2.04 bits per heavy atom. The first-order chi connectivity index (χ1) is 12.9. The number of hydrogen-bond acceptors (Lipinski definition) is 2. The van der Waals surface area contributed by atoms with E-state index in [0.717, 1.165) is 16.7 Å². The highest BCUT2D eigenvalue weighted by Gasteiger charge is 2.30. The molecule has 1 fully saturated rings. The van der Waals surface area contributed by atoms with Crippen LogP contribution in [-0.4, -0.2) is 42.5 Å². The summed E-state index contributed by atoms with van der Waals surface area (Å²) in [7, 11) is 1.70. The molecule has 0 spiro atoms. The Labute approximate surface area is 174 Å². The number of rotatable bonds is 3. The maximum atomic E-state index is 13.5. The average molecular weight is 430 g/mol. The van der Waals surface area contributed by atoms with Crippen molar-refractivity contribution in [3.05, 3.63) is 69.7 Å². The van der Waals surface area contributed by atoms with Crippen molar-refractivity contribution >= 4 is 30.0 Å². The van der Waals surface area contributed by atoms with E-state index in [4.69, 9.17) is 11.6 Å². The summed E-state index contributed by atoms with van der Waals surface area (Å²) in [6, 6.07) is 8.77. The fraction of sp³-hybridized carbons (Fsp3) is 0.350. The number of aryl methyl sites for hydroxylation is 1. The van der Waals surface area contributed by atoms with Gasteiger partial charge in [0.1, 0.15) is 11.6 Å². The van der Waals surface area contributed by atoms with E-state index in [9.17, 15) is 13.6 Å². The number of carbonyl (C=O) groups is 1. The standard InChI is InChI=1S/C20H22ClF2N3O.ClH/c1-13-9-15(22)4-5-16(13)19-11-24-7-8-26(19)20(27)25(2)12-14-3-6-18(23)17(21)10-14;/h3-6,9-10,19,24H,7-8,11-12H2,1-2H3;1H/t19-;/m1./s1. The van der Waals surface area contributed by atoms with Crippen LogP contribution in [0.5, 0.6) is 0 Å². The average Bonchev–Trinajstić information content (AvgIpc) is 2.64. The van der Waals surface area contributed by atoms with Crippen molar-refractivity contribution in [3.63, 3.8) is 0 Å². The summed E-state index contributed by atoms with van der Waals surface area (Å²) in [6.45, 7) is 4.01. The third-order valence-electron chi connectivity index (χ3n) is 4.81. The van der Waals surface area contributed by atoms with Crippen molar-refractivity contribution in [2.75, 3.05) is 26.7 Å². The lowest BCUT2D eigenvalue weighted by Gasteiger charge is -2.39. The molecule has 8 heteroatoms. The predicted molar refractivity (Wildman–Crippen MR) is 109 cm³/mol. The van der Waals surface area contributed by atoms with Crippen molar-refractivity contribution < 1.29 is 13.6 Å². The van der Waals surface area contributed by atoms with Crippen molar-refractivity contribution in [2.24, 2.45) is 0 Å². The van der Waals surface area contributed by atoms with E-state index in [1.165, 1.54) is 24.3 Å². The summed E-state index contributed by atoms with van der Waals surface area (Å²) in [4.78, 5) is 16.4. The summed E-state index contributed by atoms with van der Waals surface area (Å²) >= 11 is 5.83. The molecule has 1 aliphatic rings. The lowest BCUT2D eigenvalue weighted by Crippen LogP contribution is -2.52. The van der Waals surface area contributed by atoms with Crippen molar-refractivity contribution in [1.82, 2.24) is 15.1 Å². The van der Waals surface area contributed by atoms with E-state index >= 15 is 0 Å². The number of nitrogens with zero attached hydrogens (tertiary/aromatic N) is 2. The number of piperazine rings is 1. The quantitative estimate of drug-likeness (QED) is 0.776. The van der Waals surface area contributed by atoms with Crippen LogP contribution in [0.25, 0.3) is 0 Å². The first-order valence-electron chi connectivity index (χ1n) is 8.79. The number of benzene rings is 2. The molecule has 1 heterocycles. The van der Waals surface area contributed by atoms with Gasteiger partial charge in [-0.2, -0.15) is 0 Å². The Bertz CT molecular complexity index is 850. The Balaban J connectivity index is 0.00000280. The van der Waals surface area contributed by atoms with Crippen LogP contribution < -0.4 is 5.32 Å². The third kappa shape index (κ3) is 4.93. The number of halogens is 4. The first kappa shape index (κ1) is 22.4. The molecular formula is C20H23Cl2F2N3O. The Kier molecular flexibility index (Phi) is 7.63. The van der Waals surface area contributed by atoms with Crippen LogP contribution in [0.15, 0.2) is 36.4 Å². The normalized spacial score (nSPS) is 16.5. The summed E-state index contributed by atoms with van der Waals surface area (Å²) in [5.41, 5.74) is 2.49. The molecule has 2 aromatic carbocycles. The van der Waals surface area contributed by atoms with Gasteiger partial charge in [-0.1, -0.05) is 23.7 Å². The van der Waals surface area contributed by atoms with Gasteiger partial charge in [0, 0.05) is 33.2 Å². The molecule has 1 atom stereocenters. The van der Waals surface area contributed by atoms with Crippen molar-refractivity contribution in [3.8, 4) is 0 Å². The summed E-state index contributed by atoms with van der Waals surface area (Å²) in [5, 5.41) is 3.33.